The number of phenols is 1. The fourth-order valence-corrected chi connectivity index (χ4v) is 4.19. The van der Waals surface area contributed by atoms with Crippen molar-refractivity contribution in [3.05, 3.63) is 23.3 Å². The van der Waals surface area contributed by atoms with Gasteiger partial charge in [0.05, 0.1) is 6.61 Å². The van der Waals surface area contributed by atoms with Gasteiger partial charge >= 0.3 is 0 Å². The van der Waals surface area contributed by atoms with E-state index in [2.05, 4.69) is 33.8 Å². The van der Waals surface area contributed by atoms with Gasteiger partial charge in [-0.1, -0.05) is 53.4 Å². The van der Waals surface area contributed by atoms with Crippen molar-refractivity contribution >= 4 is 0 Å². The summed E-state index contributed by atoms with van der Waals surface area (Å²) in [5, 5.41) is 10.7. The molecule has 2 rings (SSSR count). The normalized spacial score (nSPS) is 18.3. The first kappa shape index (κ1) is 19.1. The van der Waals surface area contributed by atoms with Crippen LogP contribution in [0.15, 0.2) is 12.1 Å². The summed E-state index contributed by atoms with van der Waals surface area (Å²) in [5.41, 5.74) is 2.30. The number of aromatic hydroxyl groups is 1. The van der Waals surface area contributed by atoms with E-state index >= 15 is 0 Å². The highest BCUT2D eigenvalue weighted by Crippen LogP contribution is 2.47. The first-order valence-corrected chi connectivity index (χ1v) is 10.1. The zero-order valence-electron chi connectivity index (χ0n) is 16.1. The largest absolute Gasteiger partial charge is 0.508 e. The Kier molecular flexibility index (Phi) is 7.45. The molecule has 0 bridgehead atoms. The monoisotopic (exact) mass is 332 g/mol. The molecule has 0 saturated carbocycles. The summed E-state index contributed by atoms with van der Waals surface area (Å²) in [6, 6.07) is 4.18. The lowest BCUT2D eigenvalue weighted by atomic mass is 9.73. The highest BCUT2D eigenvalue weighted by molar-refractivity contribution is 5.50. The van der Waals surface area contributed by atoms with Gasteiger partial charge in [0.15, 0.2) is 0 Å². The molecule has 24 heavy (non-hydrogen) atoms. The summed E-state index contributed by atoms with van der Waals surface area (Å²) in [5.74, 6) is 3.11. The van der Waals surface area contributed by atoms with Gasteiger partial charge in [-0.2, -0.15) is 0 Å². The highest BCUT2D eigenvalue weighted by atomic mass is 16.5. The van der Waals surface area contributed by atoms with Crippen LogP contribution in [0, 0.1) is 11.8 Å². The third kappa shape index (κ3) is 4.68. The van der Waals surface area contributed by atoms with Gasteiger partial charge in [-0.15, -0.1) is 0 Å². The third-order valence-electron chi connectivity index (χ3n) is 5.57. The molecule has 1 aliphatic rings. The quantitative estimate of drug-likeness (QED) is 0.526. The Hall–Kier alpha value is -1.18. The van der Waals surface area contributed by atoms with Gasteiger partial charge in [0, 0.05) is 5.56 Å². The zero-order chi connectivity index (χ0) is 17.5. The van der Waals surface area contributed by atoms with Crippen LogP contribution in [0.4, 0.5) is 0 Å². The Morgan fingerprint density at radius 1 is 1.12 bits per heavy atom. The Bertz CT molecular complexity index is 507. The lowest BCUT2D eigenvalue weighted by molar-refractivity contribution is 0.198. The van der Waals surface area contributed by atoms with Crippen LogP contribution < -0.4 is 4.74 Å². The van der Waals surface area contributed by atoms with E-state index in [9.17, 15) is 5.11 Å². The molecule has 2 nitrogen and oxygen atoms in total. The van der Waals surface area contributed by atoms with Crippen molar-refractivity contribution in [3.63, 3.8) is 0 Å². The number of benzene rings is 1. The summed E-state index contributed by atoms with van der Waals surface area (Å²) in [7, 11) is 0. The number of hydrogen-bond acceptors (Lipinski definition) is 2. The van der Waals surface area contributed by atoms with E-state index < -0.39 is 0 Å². The van der Waals surface area contributed by atoms with Crippen LogP contribution in [0.5, 0.6) is 11.5 Å². The van der Waals surface area contributed by atoms with Crippen molar-refractivity contribution in [1.82, 2.24) is 0 Å². The SMILES string of the molecule is CCCCCc1cc(O)c2c(c1)OCCC2[C@H](CCCC)C(C)C. The van der Waals surface area contributed by atoms with E-state index in [4.69, 9.17) is 4.74 Å². The molecule has 0 amide bonds. The average molecular weight is 333 g/mol. The van der Waals surface area contributed by atoms with Crippen LogP contribution in [-0.2, 0) is 6.42 Å². The lowest BCUT2D eigenvalue weighted by Gasteiger charge is -2.35. The maximum atomic E-state index is 10.7. The second-order valence-electron chi connectivity index (χ2n) is 7.78. The van der Waals surface area contributed by atoms with Crippen molar-refractivity contribution in [3.8, 4) is 11.5 Å². The molecule has 136 valence electrons. The maximum absolute atomic E-state index is 10.7. The zero-order valence-corrected chi connectivity index (χ0v) is 16.1. The van der Waals surface area contributed by atoms with E-state index in [1.165, 1.54) is 44.1 Å². The Morgan fingerprint density at radius 3 is 2.54 bits per heavy atom. The summed E-state index contributed by atoms with van der Waals surface area (Å²) < 4.78 is 5.96. The van der Waals surface area contributed by atoms with Gasteiger partial charge in [-0.05, 0) is 61.1 Å². The summed E-state index contributed by atoms with van der Waals surface area (Å²) >= 11 is 0. The number of unbranched alkanes of at least 4 members (excludes halogenated alkanes) is 3. The first-order chi connectivity index (χ1) is 11.6. The maximum Gasteiger partial charge on any atom is 0.126 e. The van der Waals surface area contributed by atoms with E-state index in [-0.39, 0.29) is 0 Å². The fraction of sp³-hybridized carbons (Fsp3) is 0.727. The molecule has 0 aromatic heterocycles. The molecule has 2 atom stereocenters. The molecule has 0 fully saturated rings. The topological polar surface area (TPSA) is 29.5 Å². The first-order valence-electron chi connectivity index (χ1n) is 10.1. The number of rotatable bonds is 9. The van der Waals surface area contributed by atoms with E-state index in [0.717, 1.165) is 30.8 Å². The number of ether oxygens (including phenoxy) is 1. The van der Waals surface area contributed by atoms with Gasteiger partial charge in [-0.25, -0.2) is 0 Å². The lowest BCUT2D eigenvalue weighted by Crippen LogP contribution is -2.25. The Labute approximate surface area is 148 Å². The highest BCUT2D eigenvalue weighted by Gasteiger charge is 2.33. The number of phenolic OH excluding ortho intramolecular Hbond substituents is 1. The number of aryl methyl sites for hydroxylation is 1. The second-order valence-corrected chi connectivity index (χ2v) is 7.78. The van der Waals surface area contributed by atoms with Crippen LogP contribution in [0.1, 0.15) is 89.7 Å². The third-order valence-corrected chi connectivity index (χ3v) is 5.57. The Balaban J connectivity index is 2.24. The fourth-order valence-electron chi connectivity index (χ4n) is 4.19. The Morgan fingerprint density at radius 2 is 1.88 bits per heavy atom. The molecule has 1 N–H and O–H groups in total. The van der Waals surface area contributed by atoms with Crippen molar-refractivity contribution in [2.24, 2.45) is 11.8 Å². The molecule has 1 unspecified atom stereocenters. The summed E-state index contributed by atoms with van der Waals surface area (Å²) in [4.78, 5) is 0. The molecule has 1 aliphatic heterocycles. The summed E-state index contributed by atoms with van der Waals surface area (Å²) in [6.07, 6.45) is 9.47. The van der Waals surface area contributed by atoms with Crippen molar-refractivity contribution in [2.45, 2.75) is 85.0 Å². The van der Waals surface area contributed by atoms with Gasteiger partial charge in [0.2, 0.25) is 0 Å². The predicted molar refractivity (Wildman–Crippen MR) is 102 cm³/mol. The van der Waals surface area contributed by atoms with Crippen molar-refractivity contribution in [1.29, 1.82) is 0 Å². The molecule has 0 aliphatic carbocycles. The molecule has 0 saturated heterocycles. The van der Waals surface area contributed by atoms with Crippen LogP contribution in [-0.4, -0.2) is 11.7 Å². The van der Waals surface area contributed by atoms with Crippen LogP contribution in [0.25, 0.3) is 0 Å². The van der Waals surface area contributed by atoms with Gasteiger partial charge in [0.1, 0.15) is 11.5 Å². The average Bonchev–Trinajstić information content (AvgIpc) is 2.55. The van der Waals surface area contributed by atoms with Crippen molar-refractivity contribution < 1.29 is 9.84 Å². The predicted octanol–water partition coefficient (Wildman–Crippen LogP) is 6.45. The van der Waals surface area contributed by atoms with Gasteiger partial charge in [-0.3, -0.25) is 0 Å². The number of hydrogen-bond donors (Lipinski definition) is 1. The van der Waals surface area contributed by atoms with Crippen LogP contribution in [0.2, 0.25) is 0 Å². The number of fused-ring (bicyclic) bond motifs is 1. The van der Waals surface area contributed by atoms with Gasteiger partial charge in [0.25, 0.3) is 0 Å². The molecular formula is C22H36O2. The van der Waals surface area contributed by atoms with E-state index in [1.807, 2.05) is 6.07 Å². The molecule has 0 radical (unpaired) electrons. The van der Waals surface area contributed by atoms with E-state index in [1.54, 1.807) is 0 Å². The second kappa shape index (κ2) is 9.34. The molecule has 2 heteroatoms. The minimum absolute atomic E-state index is 0.435. The molecule has 0 spiro atoms. The minimum Gasteiger partial charge on any atom is -0.508 e. The molecule has 1 aromatic carbocycles. The standard InChI is InChI=1S/C22H36O2/c1-5-7-9-10-17-14-20(23)22-19(12-13-24-21(22)15-17)18(16(3)4)11-8-6-2/h14-16,18-19,23H,5-13H2,1-4H3/t18-,19?/m1/s1. The summed E-state index contributed by atoms with van der Waals surface area (Å²) in [6.45, 7) is 9.91. The smallest absolute Gasteiger partial charge is 0.126 e. The van der Waals surface area contributed by atoms with Crippen LogP contribution in [0.3, 0.4) is 0 Å². The van der Waals surface area contributed by atoms with Gasteiger partial charge < -0.3 is 9.84 Å². The van der Waals surface area contributed by atoms with Crippen LogP contribution >= 0.6 is 0 Å². The molecular weight excluding hydrogens is 296 g/mol. The van der Waals surface area contributed by atoms with E-state index in [0.29, 0.717) is 23.5 Å². The molecule has 1 aromatic rings. The minimum atomic E-state index is 0.435. The molecule has 1 heterocycles. The van der Waals surface area contributed by atoms with Crippen molar-refractivity contribution in [2.75, 3.05) is 6.61 Å².